The van der Waals surface area contributed by atoms with Gasteiger partial charge in [-0.2, -0.15) is 5.10 Å². The molecule has 2 aromatic rings. The summed E-state index contributed by atoms with van der Waals surface area (Å²) in [5.74, 6) is 0. The van der Waals surface area contributed by atoms with Crippen molar-refractivity contribution in [3.05, 3.63) is 21.8 Å². The minimum atomic E-state index is 0.601. The van der Waals surface area contributed by atoms with Crippen LogP contribution < -0.4 is 4.90 Å². The Kier molecular flexibility index (Phi) is 4.17. The van der Waals surface area contributed by atoms with Crippen molar-refractivity contribution in [1.29, 1.82) is 0 Å². The molecule has 0 radical (unpaired) electrons. The van der Waals surface area contributed by atoms with E-state index in [-0.39, 0.29) is 0 Å². The van der Waals surface area contributed by atoms with Crippen LogP contribution in [0.1, 0.15) is 13.3 Å². The number of hydrogen-bond acceptors (Lipinski definition) is 3. The van der Waals surface area contributed by atoms with Gasteiger partial charge in [0.1, 0.15) is 5.52 Å². The minimum Gasteiger partial charge on any atom is -0.369 e. The molecule has 1 aromatic heterocycles. The standard InChI is InChI=1S/C15H20BrClN4/c1-4-21-9-11-13(7-12(17)14(16)15(11)18-21)20-6-5-10(8-20)19(2)3/h7,9-10H,4-6,8H2,1-3H3/t10-/m1/s1. The maximum absolute atomic E-state index is 6.39. The topological polar surface area (TPSA) is 24.3 Å². The first kappa shape index (κ1) is 15.1. The average Bonchev–Trinajstić information content (AvgIpc) is 3.09. The number of anilines is 1. The Labute approximate surface area is 138 Å². The molecule has 1 aliphatic heterocycles. The van der Waals surface area contributed by atoms with Crippen molar-refractivity contribution in [3.8, 4) is 0 Å². The number of rotatable bonds is 3. The first-order chi connectivity index (χ1) is 10.0. The molecule has 1 fully saturated rings. The van der Waals surface area contributed by atoms with Crippen LogP contribution in [0.2, 0.25) is 5.02 Å². The zero-order chi connectivity index (χ0) is 15.1. The van der Waals surface area contributed by atoms with Crippen molar-refractivity contribution in [2.75, 3.05) is 32.1 Å². The van der Waals surface area contributed by atoms with Crippen LogP contribution in [-0.4, -0.2) is 47.9 Å². The van der Waals surface area contributed by atoms with Crippen LogP contribution in [0.3, 0.4) is 0 Å². The van der Waals surface area contributed by atoms with Gasteiger partial charge in [-0.05, 0) is 49.4 Å². The van der Waals surface area contributed by atoms with E-state index in [2.05, 4.69) is 64.1 Å². The van der Waals surface area contributed by atoms with Crippen molar-refractivity contribution >= 4 is 44.1 Å². The Morgan fingerprint density at radius 2 is 2.24 bits per heavy atom. The fraction of sp³-hybridized carbons (Fsp3) is 0.533. The molecule has 1 aromatic carbocycles. The zero-order valence-electron chi connectivity index (χ0n) is 12.6. The van der Waals surface area contributed by atoms with Crippen molar-refractivity contribution < 1.29 is 0 Å². The van der Waals surface area contributed by atoms with Gasteiger partial charge in [0.25, 0.3) is 0 Å². The Balaban J connectivity index is 2.06. The number of likely N-dealkylation sites (N-methyl/N-ethyl adjacent to an activating group) is 1. The molecule has 1 atom stereocenters. The van der Waals surface area contributed by atoms with Gasteiger partial charge in [-0.3, -0.25) is 4.68 Å². The SMILES string of the molecule is CCn1cc2c(N3CC[C@@H](N(C)C)C3)cc(Cl)c(Br)c2n1. The van der Waals surface area contributed by atoms with E-state index in [0.29, 0.717) is 6.04 Å². The van der Waals surface area contributed by atoms with Crippen molar-refractivity contribution in [1.82, 2.24) is 14.7 Å². The van der Waals surface area contributed by atoms with Gasteiger partial charge in [0.2, 0.25) is 0 Å². The largest absolute Gasteiger partial charge is 0.369 e. The number of fused-ring (bicyclic) bond motifs is 1. The second-order valence-corrected chi connectivity index (χ2v) is 6.99. The molecule has 0 saturated carbocycles. The normalized spacial score (nSPS) is 19.1. The maximum atomic E-state index is 6.39. The number of halogens is 2. The van der Waals surface area contributed by atoms with Crippen LogP contribution in [0.5, 0.6) is 0 Å². The summed E-state index contributed by atoms with van der Waals surface area (Å²) in [6.07, 6.45) is 3.30. The smallest absolute Gasteiger partial charge is 0.110 e. The van der Waals surface area contributed by atoms with E-state index in [1.165, 1.54) is 17.5 Å². The van der Waals surface area contributed by atoms with Crippen molar-refractivity contribution in [2.24, 2.45) is 0 Å². The molecule has 1 saturated heterocycles. The lowest BCUT2D eigenvalue weighted by atomic mass is 10.2. The van der Waals surface area contributed by atoms with Crippen LogP contribution in [-0.2, 0) is 6.54 Å². The first-order valence-corrected chi connectivity index (χ1v) is 8.45. The summed E-state index contributed by atoms with van der Waals surface area (Å²) < 4.78 is 2.85. The fourth-order valence-electron chi connectivity index (χ4n) is 2.95. The lowest BCUT2D eigenvalue weighted by Gasteiger charge is -2.22. The molecule has 21 heavy (non-hydrogen) atoms. The molecule has 1 aliphatic rings. The van der Waals surface area contributed by atoms with Crippen LogP contribution in [0.15, 0.2) is 16.7 Å². The number of aromatic nitrogens is 2. The predicted molar refractivity (Wildman–Crippen MR) is 92.4 cm³/mol. The van der Waals surface area contributed by atoms with Crippen molar-refractivity contribution in [2.45, 2.75) is 25.9 Å². The Morgan fingerprint density at radius 3 is 2.86 bits per heavy atom. The molecule has 0 spiro atoms. The van der Waals surface area contributed by atoms with Gasteiger partial charge in [0.05, 0.1) is 9.50 Å². The summed E-state index contributed by atoms with van der Waals surface area (Å²) in [6.45, 7) is 5.06. The van der Waals surface area contributed by atoms with E-state index < -0.39 is 0 Å². The summed E-state index contributed by atoms with van der Waals surface area (Å²) in [5.41, 5.74) is 2.15. The van der Waals surface area contributed by atoms with Gasteiger partial charge in [0, 0.05) is 42.9 Å². The minimum absolute atomic E-state index is 0.601. The molecule has 2 heterocycles. The van der Waals surface area contributed by atoms with E-state index in [1.807, 2.05) is 4.68 Å². The lowest BCUT2D eigenvalue weighted by Crippen LogP contribution is -2.31. The highest BCUT2D eigenvalue weighted by Crippen LogP contribution is 2.38. The summed E-state index contributed by atoms with van der Waals surface area (Å²) in [7, 11) is 4.29. The summed E-state index contributed by atoms with van der Waals surface area (Å²) in [4.78, 5) is 4.72. The van der Waals surface area contributed by atoms with Gasteiger partial charge < -0.3 is 9.80 Å². The van der Waals surface area contributed by atoms with Gasteiger partial charge in [-0.15, -0.1) is 0 Å². The van der Waals surface area contributed by atoms with Gasteiger partial charge in [0.15, 0.2) is 0 Å². The van der Waals surface area contributed by atoms with E-state index >= 15 is 0 Å². The highest BCUT2D eigenvalue weighted by atomic mass is 79.9. The summed E-state index contributed by atoms with van der Waals surface area (Å²) in [6, 6.07) is 2.66. The highest BCUT2D eigenvalue weighted by Gasteiger charge is 2.26. The lowest BCUT2D eigenvalue weighted by molar-refractivity contribution is 0.315. The Bertz CT molecular complexity index is 667. The molecule has 0 bridgehead atoms. The molecule has 0 N–H and O–H groups in total. The number of nitrogens with zero attached hydrogens (tertiary/aromatic N) is 4. The highest BCUT2D eigenvalue weighted by molar-refractivity contribution is 9.10. The Morgan fingerprint density at radius 1 is 1.48 bits per heavy atom. The second kappa shape index (κ2) is 5.78. The average molecular weight is 372 g/mol. The second-order valence-electron chi connectivity index (χ2n) is 5.79. The predicted octanol–water partition coefficient (Wildman–Crippen LogP) is 3.61. The molecule has 114 valence electrons. The number of aryl methyl sites for hydroxylation is 1. The molecule has 0 amide bonds. The van der Waals surface area contributed by atoms with Crippen LogP contribution >= 0.6 is 27.5 Å². The van der Waals surface area contributed by atoms with Gasteiger partial charge in [-0.25, -0.2) is 0 Å². The van der Waals surface area contributed by atoms with Gasteiger partial charge >= 0.3 is 0 Å². The third-order valence-electron chi connectivity index (χ3n) is 4.28. The molecular formula is C15H20BrClN4. The van der Waals surface area contributed by atoms with Crippen LogP contribution in [0.4, 0.5) is 5.69 Å². The molecular weight excluding hydrogens is 352 g/mol. The third-order valence-corrected chi connectivity index (χ3v) is 5.61. The Hall–Kier alpha value is -0.780. The molecule has 4 nitrogen and oxygen atoms in total. The van der Waals surface area contributed by atoms with E-state index in [4.69, 9.17) is 11.6 Å². The van der Waals surface area contributed by atoms with E-state index in [0.717, 1.165) is 34.6 Å². The summed E-state index contributed by atoms with van der Waals surface area (Å²) in [5, 5.41) is 6.53. The molecule has 0 unspecified atom stereocenters. The fourth-order valence-corrected chi connectivity index (χ4v) is 3.55. The number of hydrogen-bond donors (Lipinski definition) is 0. The monoisotopic (exact) mass is 370 g/mol. The maximum Gasteiger partial charge on any atom is 0.110 e. The van der Waals surface area contributed by atoms with E-state index in [1.54, 1.807) is 0 Å². The molecule has 0 aliphatic carbocycles. The first-order valence-electron chi connectivity index (χ1n) is 7.27. The van der Waals surface area contributed by atoms with Gasteiger partial charge in [-0.1, -0.05) is 11.6 Å². The third kappa shape index (κ3) is 2.67. The quantitative estimate of drug-likeness (QED) is 0.824. The van der Waals surface area contributed by atoms with E-state index in [9.17, 15) is 0 Å². The molecule has 6 heteroatoms. The van der Waals surface area contributed by atoms with Crippen LogP contribution in [0, 0.1) is 0 Å². The van der Waals surface area contributed by atoms with Crippen LogP contribution in [0.25, 0.3) is 10.9 Å². The zero-order valence-corrected chi connectivity index (χ0v) is 14.9. The van der Waals surface area contributed by atoms with Crippen molar-refractivity contribution in [3.63, 3.8) is 0 Å². The summed E-state index contributed by atoms with van der Waals surface area (Å²) >= 11 is 9.96. The molecule has 3 rings (SSSR count). The number of benzene rings is 1.